The van der Waals surface area contributed by atoms with Gasteiger partial charge in [0.15, 0.2) is 0 Å². The number of likely N-dealkylation sites (N-methyl/N-ethyl adjacent to an activating group) is 1. The predicted octanol–water partition coefficient (Wildman–Crippen LogP) is 3.49. The third-order valence-corrected chi connectivity index (χ3v) is 4.47. The largest absolute Gasteiger partial charge is 0.478 e. The van der Waals surface area contributed by atoms with E-state index in [-0.39, 0.29) is 23.2 Å². The van der Waals surface area contributed by atoms with Crippen LogP contribution in [0.1, 0.15) is 51.0 Å². The van der Waals surface area contributed by atoms with Gasteiger partial charge in [0.1, 0.15) is 5.69 Å². The summed E-state index contributed by atoms with van der Waals surface area (Å²) in [7, 11) is 1.77. The molecule has 0 aliphatic rings. The molecule has 1 unspecified atom stereocenters. The highest BCUT2D eigenvalue weighted by Gasteiger charge is 2.22. The van der Waals surface area contributed by atoms with E-state index in [2.05, 4.69) is 36.2 Å². The molecule has 2 aromatic rings. The Hall–Kier alpha value is -2.69. The van der Waals surface area contributed by atoms with Gasteiger partial charge in [-0.25, -0.2) is 9.78 Å². The van der Waals surface area contributed by atoms with Crippen LogP contribution in [0.4, 0.5) is 0 Å². The average molecular weight is 340 g/mol. The lowest BCUT2D eigenvalue weighted by Crippen LogP contribution is -2.38. The Morgan fingerprint density at radius 3 is 2.28 bits per heavy atom. The molecule has 5 nitrogen and oxygen atoms in total. The number of aromatic nitrogens is 1. The second-order valence-electron chi connectivity index (χ2n) is 6.30. The molecule has 2 rings (SSSR count). The molecule has 1 aromatic carbocycles. The van der Waals surface area contributed by atoms with Gasteiger partial charge in [-0.15, -0.1) is 0 Å². The van der Waals surface area contributed by atoms with Crippen molar-refractivity contribution in [1.29, 1.82) is 0 Å². The topological polar surface area (TPSA) is 70.5 Å². The van der Waals surface area contributed by atoms with Crippen molar-refractivity contribution in [2.75, 3.05) is 7.05 Å². The minimum Gasteiger partial charge on any atom is -0.478 e. The summed E-state index contributed by atoms with van der Waals surface area (Å²) < 4.78 is 0. The number of hydrogen-bond donors (Lipinski definition) is 1. The van der Waals surface area contributed by atoms with Crippen LogP contribution in [0.25, 0.3) is 0 Å². The molecule has 1 aromatic heterocycles. The van der Waals surface area contributed by atoms with Gasteiger partial charge >= 0.3 is 5.97 Å². The van der Waals surface area contributed by atoms with Crippen molar-refractivity contribution in [3.63, 3.8) is 0 Å². The first-order chi connectivity index (χ1) is 11.8. The molecule has 25 heavy (non-hydrogen) atoms. The van der Waals surface area contributed by atoms with Crippen molar-refractivity contribution in [1.82, 2.24) is 9.88 Å². The molecule has 1 amide bonds. The highest BCUT2D eigenvalue weighted by molar-refractivity contribution is 5.94. The zero-order valence-corrected chi connectivity index (χ0v) is 15.1. The van der Waals surface area contributed by atoms with Crippen LogP contribution in [-0.4, -0.2) is 40.0 Å². The van der Waals surface area contributed by atoms with E-state index < -0.39 is 5.97 Å². The van der Waals surface area contributed by atoms with Crippen molar-refractivity contribution in [3.8, 4) is 0 Å². The summed E-state index contributed by atoms with van der Waals surface area (Å²) in [5, 5.41) is 9.08. The van der Waals surface area contributed by atoms with Crippen LogP contribution in [0, 0.1) is 13.8 Å². The molecule has 0 aliphatic heterocycles. The smallest absolute Gasteiger partial charge is 0.337 e. The number of carboxylic acid groups (broad SMARTS) is 1. The molecule has 5 heteroatoms. The lowest BCUT2D eigenvalue weighted by atomic mass is 10.0. The molecule has 0 spiro atoms. The van der Waals surface area contributed by atoms with E-state index in [4.69, 9.17) is 5.11 Å². The fourth-order valence-corrected chi connectivity index (χ4v) is 2.80. The van der Waals surface area contributed by atoms with Crippen molar-refractivity contribution in [3.05, 3.63) is 64.5 Å². The third-order valence-electron chi connectivity index (χ3n) is 4.47. The van der Waals surface area contributed by atoms with Crippen LogP contribution in [0.2, 0.25) is 0 Å². The van der Waals surface area contributed by atoms with E-state index in [1.54, 1.807) is 18.9 Å². The number of aromatic carboxylic acids is 1. The Morgan fingerprint density at radius 2 is 1.76 bits per heavy atom. The van der Waals surface area contributed by atoms with E-state index >= 15 is 0 Å². The van der Waals surface area contributed by atoms with Gasteiger partial charge in [-0.1, -0.05) is 36.8 Å². The Bertz CT molecular complexity index is 769. The Labute approximate surface area is 148 Å². The number of benzene rings is 1. The van der Waals surface area contributed by atoms with E-state index in [9.17, 15) is 9.59 Å². The van der Waals surface area contributed by atoms with Gasteiger partial charge in [0, 0.05) is 13.1 Å². The lowest BCUT2D eigenvalue weighted by molar-refractivity contribution is 0.0688. The van der Waals surface area contributed by atoms with Crippen LogP contribution in [0.5, 0.6) is 0 Å². The van der Waals surface area contributed by atoms with Crippen molar-refractivity contribution in [2.24, 2.45) is 0 Å². The maximum atomic E-state index is 12.7. The fraction of sp³-hybridized carbons (Fsp3) is 0.350. The summed E-state index contributed by atoms with van der Waals surface area (Å²) in [5.74, 6) is -1.23. The molecule has 132 valence electrons. The van der Waals surface area contributed by atoms with Gasteiger partial charge in [0.05, 0.1) is 11.3 Å². The summed E-state index contributed by atoms with van der Waals surface area (Å²) in [4.78, 5) is 29.7. The first-order valence-electron chi connectivity index (χ1n) is 8.37. The van der Waals surface area contributed by atoms with E-state index in [1.165, 1.54) is 23.3 Å². The number of nitrogens with zero attached hydrogens (tertiary/aromatic N) is 2. The summed E-state index contributed by atoms with van der Waals surface area (Å²) in [6.07, 6.45) is 1.59. The summed E-state index contributed by atoms with van der Waals surface area (Å²) in [5.41, 5.74) is 3.12. The molecular formula is C20H24N2O3. The molecule has 0 saturated heterocycles. The van der Waals surface area contributed by atoms with Gasteiger partial charge < -0.3 is 10.0 Å². The van der Waals surface area contributed by atoms with Crippen molar-refractivity contribution in [2.45, 2.75) is 39.7 Å². The summed E-state index contributed by atoms with van der Waals surface area (Å²) in [6, 6.07) is 11.3. The highest BCUT2D eigenvalue weighted by Crippen LogP contribution is 2.15. The Kier molecular flexibility index (Phi) is 5.91. The number of hydrogen-bond acceptors (Lipinski definition) is 3. The summed E-state index contributed by atoms with van der Waals surface area (Å²) >= 11 is 0. The molecule has 0 fully saturated rings. The third kappa shape index (κ3) is 4.44. The van der Waals surface area contributed by atoms with Crippen LogP contribution in [-0.2, 0) is 6.42 Å². The first kappa shape index (κ1) is 18.6. The Balaban J connectivity index is 2.17. The maximum absolute atomic E-state index is 12.7. The second-order valence-corrected chi connectivity index (χ2v) is 6.30. The highest BCUT2D eigenvalue weighted by atomic mass is 16.4. The predicted molar refractivity (Wildman–Crippen MR) is 97.0 cm³/mol. The van der Waals surface area contributed by atoms with Crippen LogP contribution in [0.3, 0.4) is 0 Å². The Morgan fingerprint density at radius 1 is 1.12 bits per heavy atom. The maximum Gasteiger partial charge on any atom is 0.337 e. The zero-order chi connectivity index (χ0) is 18.6. The van der Waals surface area contributed by atoms with Crippen LogP contribution in [0.15, 0.2) is 36.4 Å². The van der Waals surface area contributed by atoms with Gasteiger partial charge in [-0.2, -0.15) is 0 Å². The second kappa shape index (κ2) is 7.92. The summed E-state index contributed by atoms with van der Waals surface area (Å²) in [6.45, 7) is 5.70. The minimum atomic E-state index is -1.04. The van der Waals surface area contributed by atoms with Crippen LogP contribution < -0.4 is 0 Å². The number of aryl methyl sites for hydroxylation is 2. The van der Waals surface area contributed by atoms with Crippen molar-refractivity contribution < 1.29 is 14.7 Å². The monoisotopic (exact) mass is 340 g/mol. The first-order valence-corrected chi connectivity index (χ1v) is 8.37. The molecule has 0 aliphatic carbocycles. The number of carbonyl (C=O) groups excluding carboxylic acids is 1. The minimum absolute atomic E-state index is 0.0523. The van der Waals surface area contributed by atoms with E-state index in [1.807, 2.05) is 6.92 Å². The van der Waals surface area contributed by atoms with Crippen LogP contribution >= 0.6 is 0 Å². The molecule has 0 bridgehead atoms. The molecule has 1 atom stereocenters. The molecule has 0 radical (unpaired) electrons. The van der Waals surface area contributed by atoms with Gasteiger partial charge in [-0.3, -0.25) is 4.79 Å². The van der Waals surface area contributed by atoms with E-state index in [0.29, 0.717) is 5.69 Å². The number of carbonyl (C=O) groups is 2. The average Bonchev–Trinajstić information content (AvgIpc) is 2.59. The normalized spacial score (nSPS) is 11.8. The number of rotatable bonds is 6. The van der Waals surface area contributed by atoms with Gasteiger partial charge in [0.2, 0.25) is 0 Å². The SMILES string of the molecule is CCC(Cc1ccc(C)cc1)N(C)C(=O)c1ccc(C(=O)O)c(C)n1. The van der Waals surface area contributed by atoms with Gasteiger partial charge in [-0.05, 0) is 44.4 Å². The molecular weight excluding hydrogens is 316 g/mol. The molecule has 0 saturated carbocycles. The molecule has 1 N–H and O–H groups in total. The van der Waals surface area contributed by atoms with Crippen molar-refractivity contribution >= 4 is 11.9 Å². The number of carboxylic acids is 1. The quantitative estimate of drug-likeness (QED) is 0.874. The number of pyridine rings is 1. The molecule has 1 heterocycles. The zero-order valence-electron chi connectivity index (χ0n) is 15.1. The standard InChI is InChI=1S/C20H24N2O3/c1-5-16(12-15-8-6-13(2)7-9-15)22(4)19(23)18-11-10-17(20(24)25)14(3)21-18/h6-11,16H,5,12H2,1-4H3,(H,24,25). The fourth-order valence-electron chi connectivity index (χ4n) is 2.80. The lowest BCUT2D eigenvalue weighted by Gasteiger charge is -2.27. The van der Waals surface area contributed by atoms with E-state index in [0.717, 1.165) is 12.8 Å². The number of amides is 1. The van der Waals surface area contributed by atoms with Gasteiger partial charge in [0.25, 0.3) is 5.91 Å².